The molecule has 82 valence electrons. The topological polar surface area (TPSA) is 54.5 Å². The van der Waals surface area contributed by atoms with E-state index in [1.165, 1.54) is 18.7 Å². The maximum absolute atomic E-state index is 11.6. The van der Waals surface area contributed by atoms with Crippen LogP contribution in [0.2, 0.25) is 0 Å². The minimum atomic E-state index is -0.577. The summed E-state index contributed by atoms with van der Waals surface area (Å²) in [7, 11) is 0. The molecule has 1 aliphatic rings. The van der Waals surface area contributed by atoms with Crippen molar-refractivity contribution in [3.05, 3.63) is 12.2 Å². The summed E-state index contributed by atoms with van der Waals surface area (Å²) in [5.41, 5.74) is 0. The molecule has 0 saturated heterocycles. The molecule has 0 fully saturated rings. The Kier molecular flexibility index (Phi) is 3.39. The van der Waals surface area contributed by atoms with Gasteiger partial charge in [-0.15, -0.1) is 0 Å². The van der Waals surface area contributed by atoms with Gasteiger partial charge in [0, 0.05) is 13.0 Å². The Balaban J connectivity index is 2.98. The highest BCUT2D eigenvalue weighted by Crippen LogP contribution is 2.18. The molecule has 0 saturated carbocycles. The highest BCUT2D eigenvalue weighted by Gasteiger charge is 2.33. The summed E-state index contributed by atoms with van der Waals surface area (Å²) in [5, 5.41) is 0. The van der Waals surface area contributed by atoms with Crippen LogP contribution in [0.5, 0.6) is 0 Å². The summed E-state index contributed by atoms with van der Waals surface area (Å²) in [6.07, 6.45) is 4.21. The van der Waals surface area contributed by atoms with E-state index in [9.17, 15) is 14.4 Å². The molecule has 0 aromatic heterocycles. The molecule has 1 aliphatic heterocycles. The number of carbonyl (C=O) groups is 3. The van der Waals surface area contributed by atoms with E-state index in [1.807, 2.05) is 12.2 Å². The predicted octanol–water partition coefficient (Wildman–Crippen LogP) is 0.710. The molecule has 0 aromatic carbocycles. The van der Waals surface area contributed by atoms with E-state index < -0.39 is 17.7 Å². The molecule has 2 atom stereocenters. The molecule has 15 heavy (non-hydrogen) atoms. The van der Waals surface area contributed by atoms with Crippen LogP contribution in [-0.4, -0.2) is 34.5 Å². The average molecular weight is 209 g/mol. The smallest absolute Gasteiger partial charge is 0.290 e. The molecule has 4 heteroatoms. The molecule has 0 aromatic rings. The van der Waals surface area contributed by atoms with Gasteiger partial charge in [-0.25, -0.2) is 0 Å². The Labute approximate surface area is 88.9 Å². The van der Waals surface area contributed by atoms with E-state index in [1.54, 1.807) is 6.92 Å². The molecule has 0 spiro atoms. The van der Waals surface area contributed by atoms with Crippen LogP contribution in [-0.2, 0) is 14.4 Å². The zero-order valence-corrected chi connectivity index (χ0v) is 9.19. The van der Waals surface area contributed by atoms with Gasteiger partial charge in [0.15, 0.2) is 5.78 Å². The second-order valence-electron chi connectivity index (χ2n) is 3.80. The third-order valence-corrected chi connectivity index (χ3v) is 2.55. The number of ketones is 2. The maximum atomic E-state index is 11.6. The van der Waals surface area contributed by atoms with Crippen LogP contribution in [0.4, 0.5) is 0 Å². The third-order valence-electron chi connectivity index (χ3n) is 2.55. The first kappa shape index (κ1) is 11.6. The Morgan fingerprint density at radius 1 is 1.27 bits per heavy atom. The van der Waals surface area contributed by atoms with E-state index in [2.05, 4.69) is 0 Å². The molecular formula is C11H15NO3. The molecular weight excluding hydrogens is 194 g/mol. The van der Waals surface area contributed by atoms with Gasteiger partial charge in [-0.2, -0.15) is 0 Å². The summed E-state index contributed by atoms with van der Waals surface area (Å²) in [4.78, 5) is 35.4. The van der Waals surface area contributed by atoms with Crippen molar-refractivity contribution >= 4 is 17.5 Å². The van der Waals surface area contributed by atoms with Crippen molar-refractivity contribution in [1.29, 1.82) is 0 Å². The number of Topliss-reactive ketones (excluding diaryl/α,β-unsaturated/α-hetero) is 2. The van der Waals surface area contributed by atoms with E-state index in [4.69, 9.17) is 0 Å². The lowest BCUT2D eigenvalue weighted by Crippen LogP contribution is -2.52. The number of nitrogens with zero attached hydrogens (tertiary/aromatic N) is 1. The van der Waals surface area contributed by atoms with Crippen LogP contribution >= 0.6 is 0 Å². The fourth-order valence-corrected chi connectivity index (χ4v) is 1.76. The van der Waals surface area contributed by atoms with Crippen LogP contribution in [0.25, 0.3) is 0 Å². The average Bonchev–Trinajstić information content (AvgIpc) is 2.16. The first-order valence-electron chi connectivity index (χ1n) is 4.95. The molecule has 2 unspecified atom stereocenters. The number of rotatable bonds is 2. The van der Waals surface area contributed by atoms with Crippen molar-refractivity contribution in [3.63, 3.8) is 0 Å². The van der Waals surface area contributed by atoms with Gasteiger partial charge in [0.1, 0.15) is 0 Å². The second kappa shape index (κ2) is 4.38. The van der Waals surface area contributed by atoms with Gasteiger partial charge in [-0.3, -0.25) is 14.4 Å². The Morgan fingerprint density at radius 3 is 2.33 bits per heavy atom. The number of hydrogen-bond donors (Lipinski definition) is 0. The van der Waals surface area contributed by atoms with Crippen molar-refractivity contribution in [1.82, 2.24) is 4.90 Å². The van der Waals surface area contributed by atoms with Gasteiger partial charge in [0.25, 0.3) is 5.91 Å². The molecule has 1 rings (SSSR count). The Bertz CT molecular complexity index is 333. The van der Waals surface area contributed by atoms with Crippen molar-refractivity contribution in [2.75, 3.05) is 0 Å². The van der Waals surface area contributed by atoms with Gasteiger partial charge >= 0.3 is 0 Å². The van der Waals surface area contributed by atoms with Crippen LogP contribution in [0.3, 0.4) is 0 Å². The lowest BCUT2D eigenvalue weighted by molar-refractivity contribution is -0.148. The molecule has 1 heterocycles. The van der Waals surface area contributed by atoms with Gasteiger partial charge in [-0.1, -0.05) is 12.2 Å². The van der Waals surface area contributed by atoms with Crippen LogP contribution in [0, 0.1) is 0 Å². The van der Waals surface area contributed by atoms with Crippen LogP contribution in [0.15, 0.2) is 12.2 Å². The predicted molar refractivity (Wildman–Crippen MR) is 55.2 cm³/mol. The molecule has 0 radical (unpaired) electrons. The van der Waals surface area contributed by atoms with Crippen molar-refractivity contribution < 1.29 is 14.4 Å². The molecule has 1 amide bonds. The SMILES string of the molecule is CC(=O)C(=O)N1C(C)C=CCC1C(C)=O. The number of hydrogen-bond acceptors (Lipinski definition) is 3. The molecule has 4 nitrogen and oxygen atoms in total. The van der Waals surface area contributed by atoms with Gasteiger partial charge in [0.2, 0.25) is 5.78 Å². The summed E-state index contributed by atoms with van der Waals surface area (Å²) in [6.45, 7) is 4.47. The maximum Gasteiger partial charge on any atom is 0.290 e. The van der Waals surface area contributed by atoms with Crippen molar-refractivity contribution in [2.45, 2.75) is 39.3 Å². The minimum absolute atomic E-state index is 0.0826. The molecule has 0 bridgehead atoms. The van der Waals surface area contributed by atoms with Gasteiger partial charge in [-0.05, 0) is 20.3 Å². The minimum Gasteiger partial charge on any atom is -0.320 e. The fourth-order valence-electron chi connectivity index (χ4n) is 1.76. The standard InChI is InChI=1S/C11H15NO3/c1-7-5-4-6-10(8(2)13)12(7)11(15)9(3)14/h4-5,7,10H,6H2,1-3H3. The normalized spacial score (nSPS) is 25.1. The van der Waals surface area contributed by atoms with E-state index >= 15 is 0 Å². The lowest BCUT2D eigenvalue weighted by Gasteiger charge is -2.35. The zero-order valence-electron chi connectivity index (χ0n) is 9.19. The molecule has 0 N–H and O–H groups in total. The van der Waals surface area contributed by atoms with Crippen LogP contribution in [0.1, 0.15) is 27.2 Å². The monoisotopic (exact) mass is 209 g/mol. The van der Waals surface area contributed by atoms with Crippen molar-refractivity contribution in [2.24, 2.45) is 0 Å². The van der Waals surface area contributed by atoms with Crippen LogP contribution < -0.4 is 0 Å². The Morgan fingerprint density at radius 2 is 1.87 bits per heavy atom. The quantitative estimate of drug-likeness (QED) is 0.497. The lowest BCUT2D eigenvalue weighted by atomic mass is 9.99. The van der Waals surface area contributed by atoms with Crippen molar-refractivity contribution in [3.8, 4) is 0 Å². The first-order valence-corrected chi connectivity index (χ1v) is 4.95. The largest absolute Gasteiger partial charge is 0.320 e. The second-order valence-corrected chi connectivity index (χ2v) is 3.80. The zero-order chi connectivity index (χ0) is 11.6. The van der Waals surface area contributed by atoms with E-state index in [-0.39, 0.29) is 11.8 Å². The third kappa shape index (κ3) is 2.32. The molecule has 0 aliphatic carbocycles. The van der Waals surface area contributed by atoms with E-state index in [0.717, 1.165) is 0 Å². The highest BCUT2D eigenvalue weighted by molar-refractivity contribution is 6.35. The highest BCUT2D eigenvalue weighted by atomic mass is 16.2. The Hall–Kier alpha value is -1.45. The van der Waals surface area contributed by atoms with E-state index in [0.29, 0.717) is 6.42 Å². The van der Waals surface area contributed by atoms with Gasteiger partial charge in [0.05, 0.1) is 6.04 Å². The fraction of sp³-hybridized carbons (Fsp3) is 0.545. The number of carbonyl (C=O) groups excluding carboxylic acids is 3. The van der Waals surface area contributed by atoms with Gasteiger partial charge < -0.3 is 4.90 Å². The summed E-state index contributed by atoms with van der Waals surface area (Å²) in [5.74, 6) is -1.18. The number of amides is 1. The summed E-state index contributed by atoms with van der Waals surface area (Å²) < 4.78 is 0. The summed E-state index contributed by atoms with van der Waals surface area (Å²) >= 11 is 0. The first-order chi connectivity index (χ1) is 6.95. The summed E-state index contributed by atoms with van der Waals surface area (Å²) in [6, 6.07) is -0.676.